The first-order valence-electron chi connectivity index (χ1n) is 10.9. The maximum absolute atomic E-state index is 11.8. The monoisotopic (exact) mass is 417 g/mol. The summed E-state index contributed by atoms with van der Waals surface area (Å²) >= 11 is 0. The van der Waals surface area contributed by atoms with Crippen LogP contribution in [0.5, 0.6) is 5.75 Å². The van der Waals surface area contributed by atoms with Crippen LogP contribution in [0.3, 0.4) is 0 Å². The molecule has 2 aliphatic carbocycles. The van der Waals surface area contributed by atoms with Crippen molar-refractivity contribution in [3.8, 4) is 28.1 Å². The van der Waals surface area contributed by atoms with Gasteiger partial charge in [0.25, 0.3) is 5.56 Å². The molecule has 0 spiro atoms. The summed E-state index contributed by atoms with van der Waals surface area (Å²) in [5, 5.41) is 23.5. The summed E-state index contributed by atoms with van der Waals surface area (Å²) in [6, 6.07) is 11.2. The second-order valence-electron chi connectivity index (χ2n) is 9.00. The van der Waals surface area contributed by atoms with Gasteiger partial charge < -0.3 is 10.0 Å². The number of benzene rings is 1. The van der Waals surface area contributed by atoms with Crippen LogP contribution in [0, 0.1) is 11.8 Å². The number of hydrogen-bond acceptors (Lipinski definition) is 6. The van der Waals surface area contributed by atoms with Gasteiger partial charge in [0.1, 0.15) is 5.75 Å². The van der Waals surface area contributed by atoms with Gasteiger partial charge >= 0.3 is 0 Å². The van der Waals surface area contributed by atoms with Gasteiger partial charge in [-0.2, -0.15) is 5.10 Å². The smallest absolute Gasteiger partial charge is 0.267 e. The Kier molecular flexibility index (Phi) is 4.96. The van der Waals surface area contributed by atoms with Crippen LogP contribution in [0.25, 0.3) is 22.4 Å². The summed E-state index contributed by atoms with van der Waals surface area (Å²) in [4.78, 5) is 14.1. The van der Waals surface area contributed by atoms with Crippen molar-refractivity contribution in [3.63, 3.8) is 0 Å². The highest BCUT2D eigenvalue weighted by molar-refractivity contribution is 5.74. The van der Waals surface area contributed by atoms with Gasteiger partial charge in [-0.3, -0.25) is 4.79 Å². The lowest BCUT2D eigenvalue weighted by Gasteiger charge is -2.35. The quantitative estimate of drug-likeness (QED) is 0.698. The summed E-state index contributed by atoms with van der Waals surface area (Å²) in [5.74, 6) is 2.71. The first-order chi connectivity index (χ1) is 15.0. The van der Waals surface area contributed by atoms with Gasteiger partial charge in [-0.15, -0.1) is 10.2 Å². The number of nitrogens with zero attached hydrogens (tertiary/aromatic N) is 5. The molecule has 2 fully saturated rings. The van der Waals surface area contributed by atoms with Crippen molar-refractivity contribution >= 4 is 5.82 Å². The highest BCUT2D eigenvalue weighted by Gasteiger charge is 2.36. The number of aromatic hydroxyl groups is 1. The molecule has 2 aromatic heterocycles. The van der Waals surface area contributed by atoms with Crippen molar-refractivity contribution < 1.29 is 5.11 Å². The third-order valence-electron chi connectivity index (χ3n) is 7.00. The third kappa shape index (κ3) is 3.80. The predicted molar refractivity (Wildman–Crippen MR) is 120 cm³/mol. The number of aryl methyl sites for hydroxylation is 1. The highest BCUT2D eigenvalue weighted by Crippen LogP contribution is 2.43. The fourth-order valence-corrected chi connectivity index (χ4v) is 5.19. The number of hydrogen-bond donors (Lipinski definition) is 1. The molecule has 0 amide bonds. The van der Waals surface area contributed by atoms with Crippen molar-refractivity contribution in [1.82, 2.24) is 20.0 Å². The molecule has 0 radical (unpaired) electrons. The Labute approximate surface area is 181 Å². The van der Waals surface area contributed by atoms with Crippen LogP contribution in [-0.2, 0) is 7.05 Å². The Morgan fingerprint density at radius 2 is 1.77 bits per heavy atom. The van der Waals surface area contributed by atoms with Crippen molar-refractivity contribution in [2.45, 2.75) is 38.1 Å². The van der Waals surface area contributed by atoms with Crippen LogP contribution >= 0.6 is 0 Å². The zero-order chi connectivity index (χ0) is 21.5. The molecule has 0 saturated heterocycles. The second kappa shape index (κ2) is 7.80. The fourth-order valence-electron chi connectivity index (χ4n) is 5.19. The van der Waals surface area contributed by atoms with E-state index in [1.54, 1.807) is 25.4 Å². The van der Waals surface area contributed by atoms with Crippen LogP contribution < -0.4 is 10.5 Å². The largest absolute Gasteiger partial charge is 0.507 e. The number of phenols is 1. The van der Waals surface area contributed by atoms with Gasteiger partial charge in [-0.25, -0.2) is 4.68 Å². The molecule has 2 heterocycles. The summed E-state index contributed by atoms with van der Waals surface area (Å²) in [7, 11) is 3.72. The average Bonchev–Trinajstić information content (AvgIpc) is 3.12. The van der Waals surface area contributed by atoms with E-state index in [1.165, 1.54) is 42.9 Å². The van der Waals surface area contributed by atoms with Gasteiger partial charge in [-0.1, -0.05) is 18.9 Å². The van der Waals surface area contributed by atoms with Crippen molar-refractivity contribution in [1.29, 1.82) is 0 Å². The molecule has 1 aromatic carbocycles. The van der Waals surface area contributed by atoms with E-state index in [9.17, 15) is 9.90 Å². The molecule has 7 heteroatoms. The molecule has 7 nitrogen and oxygen atoms in total. The minimum atomic E-state index is -0.197. The molecule has 1 N–H and O–H groups in total. The maximum Gasteiger partial charge on any atom is 0.267 e. The number of phenolic OH excluding ortho intramolecular Hbond substituents is 1. The van der Waals surface area contributed by atoms with Crippen LogP contribution in [0.15, 0.2) is 47.4 Å². The van der Waals surface area contributed by atoms with E-state index in [0.29, 0.717) is 22.9 Å². The molecule has 160 valence electrons. The van der Waals surface area contributed by atoms with Crippen LogP contribution in [0.4, 0.5) is 5.82 Å². The first kappa shape index (κ1) is 19.7. The Morgan fingerprint density at radius 1 is 1.00 bits per heavy atom. The van der Waals surface area contributed by atoms with Gasteiger partial charge in [0.15, 0.2) is 5.82 Å². The molecule has 3 aromatic rings. The predicted octanol–water partition coefficient (Wildman–Crippen LogP) is 3.62. The van der Waals surface area contributed by atoms with Crippen LogP contribution in [0.1, 0.15) is 32.1 Å². The minimum absolute atomic E-state index is 0.0948. The van der Waals surface area contributed by atoms with Crippen molar-refractivity contribution in [2.24, 2.45) is 18.9 Å². The van der Waals surface area contributed by atoms with Gasteiger partial charge in [-0.05, 0) is 60.9 Å². The zero-order valence-electron chi connectivity index (χ0n) is 17.9. The Morgan fingerprint density at radius 3 is 2.42 bits per heavy atom. The molecule has 0 unspecified atom stereocenters. The third-order valence-corrected chi connectivity index (χ3v) is 7.00. The van der Waals surface area contributed by atoms with Gasteiger partial charge in [0.2, 0.25) is 0 Å². The Hall–Kier alpha value is -3.22. The average molecular weight is 418 g/mol. The summed E-state index contributed by atoms with van der Waals surface area (Å²) in [5.41, 5.74) is 2.42. The number of fused-ring (bicyclic) bond motifs is 2. The topological polar surface area (TPSA) is 84.1 Å². The second-order valence-corrected chi connectivity index (χ2v) is 9.00. The standard InChI is InChI=1S/C24H27N5O2/c1-28(19-10-15-3-4-16(9-15)11-19)23-8-7-21(26-27-23)20-6-5-17(12-22(20)30)18-13-24(31)29(2)25-14-18/h5-8,12-16,19,30H,3-4,9-11H2,1-2H3/t15-,16+,19+. The van der Waals surface area contributed by atoms with E-state index in [2.05, 4.69) is 27.2 Å². The molecule has 31 heavy (non-hydrogen) atoms. The lowest BCUT2D eigenvalue weighted by Crippen LogP contribution is -2.37. The molecule has 2 bridgehead atoms. The van der Waals surface area contributed by atoms with Crippen LogP contribution in [0.2, 0.25) is 0 Å². The maximum atomic E-state index is 11.8. The number of aromatic nitrogens is 4. The van der Waals surface area contributed by atoms with E-state index in [-0.39, 0.29) is 11.3 Å². The molecule has 0 aliphatic heterocycles. The Balaban J connectivity index is 1.35. The van der Waals surface area contributed by atoms with E-state index in [1.807, 2.05) is 18.2 Å². The van der Waals surface area contributed by atoms with Crippen molar-refractivity contribution in [2.75, 3.05) is 11.9 Å². The molecule has 3 atom stereocenters. The molecule has 5 rings (SSSR count). The summed E-state index contributed by atoms with van der Waals surface area (Å²) in [6.07, 6.45) is 8.26. The fraction of sp³-hybridized carbons (Fsp3) is 0.417. The molecule has 2 aliphatic rings. The number of anilines is 1. The van der Waals surface area contributed by atoms with Gasteiger partial charge in [0, 0.05) is 37.3 Å². The minimum Gasteiger partial charge on any atom is -0.507 e. The van der Waals surface area contributed by atoms with E-state index >= 15 is 0 Å². The lowest BCUT2D eigenvalue weighted by atomic mass is 9.85. The van der Waals surface area contributed by atoms with E-state index in [4.69, 9.17) is 0 Å². The molecular weight excluding hydrogens is 390 g/mol. The molecule has 2 saturated carbocycles. The SMILES string of the molecule is CN(c1ccc(-c2ccc(-c3cnn(C)c(=O)c3)cc2O)nn1)[C@H]1C[C@@H]2CC[C@@H](C2)C1. The van der Waals surface area contributed by atoms with Crippen LogP contribution in [-0.4, -0.2) is 38.2 Å². The Bertz CT molecular complexity index is 1150. The van der Waals surface area contributed by atoms with Crippen molar-refractivity contribution in [3.05, 3.63) is 52.9 Å². The zero-order valence-corrected chi connectivity index (χ0v) is 17.9. The van der Waals surface area contributed by atoms with Gasteiger partial charge in [0.05, 0.1) is 11.9 Å². The molecular formula is C24H27N5O2. The number of rotatable bonds is 4. The van der Waals surface area contributed by atoms with E-state index < -0.39 is 0 Å². The highest BCUT2D eigenvalue weighted by atomic mass is 16.3. The summed E-state index contributed by atoms with van der Waals surface area (Å²) < 4.78 is 1.27. The lowest BCUT2D eigenvalue weighted by molar-refractivity contribution is 0.312. The first-order valence-corrected chi connectivity index (χ1v) is 10.9. The normalized spacial score (nSPS) is 22.5. The summed E-state index contributed by atoms with van der Waals surface area (Å²) in [6.45, 7) is 0. The van der Waals surface area contributed by atoms with E-state index in [0.717, 1.165) is 23.2 Å².